The van der Waals surface area contributed by atoms with E-state index in [9.17, 15) is 4.79 Å². The predicted octanol–water partition coefficient (Wildman–Crippen LogP) is 5.40. The van der Waals surface area contributed by atoms with Crippen molar-refractivity contribution >= 4 is 5.91 Å². The molecule has 2 heterocycles. The summed E-state index contributed by atoms with van der Waals surface area (Å²) in [5.41, 5.74) is 3.24. The van der Waals surface area contributed by atoms with Crippen LogP contribution < -0.4 is 9.47 Å². The molecule has 4 heteroatoms. The van der Waals surface area contributed by atoms with Gasteiger partial charge in [-0.2, -0.15) is 0 Å². The van der Waals surface area contributed by atoms with E-state index in [0.29, 0.717) is 11.3 Å². The highest BCUT2D eigenvalue weighted by molar-refractivity contribution is 5.95. The van der Waals surface area contributed by atoms with Gasteiger partial charge in [0.2, 0.25) is 6.79 Å². The van der Waals surface area contributed by atoms with Gasteiger partial charge >= 0.3 is 0 Å². The Bertz CT molecular complexity index is 897. The van der Waals surface area contributed by atoms with Gasteiger partial charge in [0, 0.05) is 18.7 Å². The summed E-state index contributed by atoms with van der Waals surface area (Å²) >= 11 is 0. The summed E-state index contributed by atoms with van der Waals surface area (Å²) in [5.74, 6) is 1.50. The molecule has 0 N–H and O–H groups in total. The van der Waals surface area contributed by atoms with E-state index in [2.05, 4.69) is 48.5 Å². The molecular weight excluding hydrogens is 362 g/mol. The fourth-order valence-electron chi connectivity index (χ4n) is 3.57. The van der Waals surface area contributed by atoms with Crippen LogP contribution in [0.15, 0.2) is 78.9 Å². The monoisotopic (exact) mass is 387 g/mol. The van der Waals surface area contributed by atoms with Crippen molar-refractivity contribution < 1.29 is 14.3 Å². The van der Waals surface area contributed by atoms with Gasteiger partial charge in [0.1, 0.15) is 0 Å². The number of piperidine rings is 1. The summed E-state index contributed by atoms with van der Waals surface area (Å²) < 4.78 is 10.5. The molecule has 0 aromatic heterocycles. The number of ether oxygens (including phenoxy) is 2. The minimum Gasteiger partial charge on any atom is -0.454 e. The number of fused-ring (bicyclic) bond motifs is 1. The Morgan fingerprint density at radius 1 is 0.690 bits per heavy atom. The first-order valence-electron chi connectivity index (χ1n) is 10.1. The Morgan fingerprint density at radius 3 is 1.90 bits per heavy atom. The van der Waals surface area contributed by atoms with Crippen LogP contribution in [0.4, 0.5) is 0 Å². The summed E-state index contributed by atoms with van der Waals surface area (Å²) in [6.45, 7) is 1.98. The summed E-state index contributed by atoms with van der Waals surface area (Å²) in [7, 11) is 0. The van der Waals surface area contributed by atoms with Crippen molar-refractivity contribution in [1.82, 2.24) is 4.90 Å². The van der Waals surface area contributed by atoms with Crippen LogP contribution in [-0.2, 0) is 0 Å². The number of carbonyl (C=O) groups is 1. The van der Waals surface area contributed by atoms with E-state index < -0.39 is 0 Å². The lowest BCUT2D eigenvalue weighted by atomic mass is 10.1. The van der Waals surface area contributed by atoms with Crippen molar-refractivity contribution in [3.05, 3.63) is 84.4 Å². The fourth-order valence-corrected chi connectivity index (χ4v) is 3.57. The first-order chi connectivity index (χ1) is 14.3. The molecule has 5 rings (SSSR count). The van der Waals surface area contributed by atoms with Crippen LogP contribution in [0.2, 0.25) is 0 Å². The smallest absolute Gasteiger partial charge is 0.253 e. The number of likely N-dealkylation sites (tertiary alicyclic amines) is 1. The maximum absolute atomic E-state index is 12.2. The lowest BCUT2D eigenvalue weighted by Gasteiger charge is -2.26. The second-order valence-electron chi connectivity index (χ2n) is 7.15. The van der Waals surface area contributed by atoms with Crippen LogP contribution in [0.25, 0.3) is 11.1 Å². The molecule has 0 saturated carbocycles. The summed E-state index contributed by atoms with van der Waals surface area (Å²) in [6.07, 6.45) is 3.44. The molecule has 0 aliphatic carbocycles. The van der Waals surface area contributed by atoms with E-state index in [0.717, 1.165) is 31.7 Å². The molecule has 29 heavy (non-hydrogen) atoms. The zero-order chi connectivity index (χ0) is 19.9. The van der Waals surface area contributed by atoms with Gasteiger partial charge in [-0.05, 0) is 48.6 Å². The number of hydrogen-bond acceptors (Lipinski definition) is 3. The summed E-state index contributed by atoms with van der Waals surface area (Å²) in [4.78, 5) is 14.1. The zero-order valence-corrected chi connectivity index (χ0v) is 16.4. The molecule has 0 unspecified atom stereocenters. The molecule has 0 bridgehead atoms. The Balaban J connectivity index is 0.000000150. The molecule has 1 fully saturated rings. The first-order valence-corrected chi connectivity index (χ1v) is 10.1. The second-order valence-corrected chi connectivity index (χ2v) is 7.15. The SMILES string of the molecule is O=C(c1ccc2c(c1)OCO2)N1CCCCC1.c1ccc(-c2ccccc2)cc1. The van der Waals surface area contributed by atoms with E-state index in [1.807, 2.05) is 23.1 Å². The predicted molar refractivity (Wildman–Crippen MR) is 114 cm³/mol. The number of amides is 1. The standard InChI is InChI=1S/C13H15NO3.C12H10/c15-13(14-6-2-1-3-7-14)10-4-5-11-12(8-10)17-9-16-11;1-3-7-11(8-4-1)12-9-5-2-6-10-12/h4-5,8H,1-3,6-7,9H2;1-10H. The minimum absolute atomic E-state index is 0.100. The highest BCUT2D eigenvalue weighted by Gasteiger charge is 2.21. The number of rotatable bonds is 2. The third kappa shape index (κ3) is 4.77. The quantitative estimate of drug-likeness (QED) is 0.591. The van der Waals surface area contributed by atoms with Crippen molar-refractivity contribution in [3.8, 4) is 22.6 Å². The third-order valence-corrected chi connectivity index (χ3v) is 5.14. The summed E-state index contributed by atoms with van der Waals surface area (Å²) in [6, 6.07) is 26.2. The van der Waals surface area contributed by atoms with Crippen LogP contribution in [-0.4, -0.2) is 30.7 Å². The van der Waals surface area contributed by atoms with Crippen molar-refractivity contribution in [2.24, 2.45) is 0 Å². The molecule has 0 atom stereocenters. The van der Waals surface area contributed by atoms with Gasteiger partial charge in [0.15, 0.2) is 11.5 Å². The molecule has 0 radical (unpaired) electrons. The first kappa shape index (κ1) is 19.1. The van der Waals surface area contributed by atoms with E-state index in [-0.39, 0.29) is 12.7 Å². The van der Waals surface area contributed by atoms with Gasteiger partial charge in [-0.15, -0.1) is 0 Å². The molecule has 148 valence electrons. The number of nitrogens with zero attached hydrogens (tertiary/aromatic N) is 1. The molecule has 3 aromatic carbocycles. The lowest BCUT2D eigenvalue weighted by molar-refractivity contribution is 0.0724. The Hall–Kier alpha value is -3.27. The van der Waals surface area contributed by atoms with E-state index in [4.69, 9.17) is 9.47 Å². The lowest BCUT2D eigenvalue weighted by Crippen LogP contribution is -2.35. The van der Waals surface area contributed by atoms with Gasteiger partial charge in [-0.25, -0.2) is 0 Å². The van der Waals surface area contributed by atoms with Gasteiger partial charge in [-0.1, -0.05) is 60.7 Å². The van der Waals surface area contributed by atoms with E-state index in [1.165, 1.54) is 17.5 Å². The van der Waals surface area contributed by atoms with Crippen LogP contribution in [0.5, 0.6) is 11.5 Å². The molecule has 2 aliphatic heterocycles. The van der Waals surface area contributed by atoms with E-state index in [1.54, 1.807) is 12.1 Å². The van der Waals surface area contributed by atoms with Crippen LogP contribution >= 0.6 is 0 Å². The molecule has 1 amide bonds. The van der Waals surface area contributed by atoms with Gasteiger partial charge in [0.25, 0.3) is 5.91 Å². The van der Waals surface area contributed by atoms with Gasteiger partial charge in [0.05, 0.1) is 0 Å². The second kappa shape index (κ2) is 9.28. The Morgan fingerprint density at radius 2 is 1.28 bits per heavy atom. The number of benzene rings is 3. The number of hydrogen-bond donors (Lipinski definition) is 0. The zero-order valence-electron chi connectivity index (χ0n) is 16.4. The highest BCUT2D eigenvalue weighted by Crippen LogP contribution is 2.33. The van der Waals surface area contributed by atoms with Crippen LogP contribution in [0.3, 0.4) is 0 Å². The topological polar surface area (TPSA) is 38.8 Å². The molecule has 2 aliphatic rings. The molecule has 4 nitrogen and oxygen atoms in total. The normalized spacial score (nSPS) is 14.7. The van der Waals surface area contributed by atoms with Crippen LogP contribution in [0.1, 0.15) is 29.6 Å². The molecule has 0 spiro atoms. The highest BCUT2D eigenvalue weighted by atomic mass is 16.7. The molecule has 1 saturated heterocycles. The van der Waals surface area contributed by atoms with Gasteiger partial charge < -0.3 is 14.4 Å². The Labute approximate surface area is 171 Å². The maximum Gasteiger partial charge on any atom is 0.253 e. The maximum atomic E-state index is 12.2. The number of carbonyl (C=O) groups excluding carboxylic acids is 1. The third-order valence-electron chi connectivity index (χ3n) is 5.14. The molecule has 3 aromatic rings. The van der Waals surface area contributed by atoms with Crippen molar-refractivity contribution in [2.45, 2.75) is 19.3 Å². The van der Waals surface area contributed by atoms with Crippen molar-refractivity contribution in [3.63, 3.8) is 0 Å². The largest absolute Gasteiger partial charge is 0.454 e. The van der Waals surface area contributed by atoms with Crippen molar-refractivity contribution in [2.75, 3.05) is 19.9 Å². The fraction of sp³-hybridized carbons (Fsp3) is 0.240. The average Bonchev–Trinajstić information content (AvgIpc) is 3.29. The van der Waals surface area contributed by atoms with Crippen molar-refractivity contribution in [1.29, 1.82) is 0 Å². The minimum atomic E-state index is 0.100. The Kier molecular flexibility index (Phi) is 6.10. The molecular formula is C25H25NO3. The summed E-state index contributed by atoms with van der Waals surface area (Å²) in [5, 5.41) is 0. The van der Waals surface area contributed by atoms with Crippen LogP contribution in [0, 0.1) is 0 Å². The van der Waals surface area contributed by atoms with Gasteiger partial charge in [-0.3, -0.25) is 4.79 Å². The van der Waals surface area contributed by atoms with E-state index >= 15 is 0 Å². The average molecular weight is 387 g/mol.